The molecule has 0 radical (unpaired) electrons. The van der Waals surface area contributed by atoms with E-state index in [1.54, 1.807) is 6.08 Å². The van der Waals surface area contributed by atoms with E-state index in [0.717, 1.165) is 6.42 Å². The van der Waals surface area contributed by atoms with Crippen LogP contribution in [-0.4, -0.2) is 17.9 Å². The molecule has 18 heavy (non-hydrogen) atoms. The van der Waals surface area contributed by atoms with E-state index in [1.165, 1.54) is 12.5 Å². The average molecular weight is 246 g/mol. The van der Waals surface area contributed by atoms with Crippen LogP contribution < -0.4 is 0 Å². The summed E-state index contributed by atoms with van der Waals surface area (Å²) in [5.74, 6) is -0.675. The highest BCUT2D eigenvalue weighted by atomic mass is 16.5. The van der Waals surface area contributed by atoms with Gasteiger partial charge in [-0.3, -0.25) is 9.59 Å². The highest BCUT2D eigenvalue weighted by Gasteiger charge is 2.12. The zero-order chi connectivity index (χ0) is 13.4. The molecule has 0 N–H and O–H groups in total. The molecule has 1 aromatic rings. The quantitative estimate of drug-likeness (QED) is 0.422. The molecular formula is C15H18O3. The number of hydrogen-bond acceptors (Lipinski definition) is 3. The highest BCUT2D eigenvalue weighted by Crippen LogP contribution is 2.09. The molecule has 0 saturated heterocycles. The van der Waals surface area contributed by atoms with Crippen molar-refractivity contribution in [1.29, 1.82) is 0 Å². The van der Waals surface area contributed by atoms with Crippen LogP contribution in [0.25, 0.3) is 0 Å². The molecule has 3 heteroatoms. The molecule has 0 aliphatic rings. The molecule has 0 unspecified atom stereocenters. The second kappa shape index (κ2) is 7.43. The molecule has 3 nitrogen and oxygen atoms in total. The minimum Gasteiger partial charge on any atom is -0.458 e. The van der Waals surface area contributed by atoms with Crippen molar-refractivity contribution in [2.24, 2.45) is 0 Å². The molecule has 0 heterocycles. The Morgan fingerprint density at radius 2 is 2.00 bits per heavy atom. The number of esters is 1. The van der Waals surface area contributed by atoms with Gasteiger partial charge in [0.15, 0.2) is 0 Å². The van der Waals surface area contributed by atoms with Crippen molar-refractivity contribution >= 4 is 11.8 Å². The number of aryl methyl sites for hydroxylation is 1. The van der Waals surface area contributed by atoms with Gasteiger partial charge in [-0.2, -0.15) is 0 Å². The lowest BCUT2D eigenvalue weighted by atomic mass is 10.1. The lowest BCUT2D eigenvalue weighted by Crippen LogP contribution is -2.18. The number of carbonyl (C=O) groups is 2. The van der Waals surface area contributed by atoms with Gasteiger partial charge in [-0.1, -0.05) is 43.0 Å². The number of ketones is 1. The summed E-state index contributed by atoms with van der Waals surface area (Å²) in [4.78, 5) is 22.1. The normalized spacial score (nSPS) is 11.6. The SMILES string of the molecule is C=C[C@H](CCc1ccccc1)OC(=O)CC(C)=O. The van der Waals surface area contributed by atoms with E-state index in [4.69, 9.17) is 4.74 Å². The number of hydrogen-bond donors (Lipinski definition) is 0. The van der Waals surface area contributed by atoms with Crippen LogP contribution in [0.2, 0.25) is 0 Å². The summed E-state index contributed by atoms with van der Waals surface area (Å²) in [7, 11) is 0. The first-order chi connectivity index (χ1) is 8.61. The Bertz CT molecular complexity index is 409. The Hall–Kier alpha value is -1.90. The molecule has 96 valence electrons. The number of Topliss-reactive ketones (excluding diaryl/α,β-unsaturated/α-hetero) is 1. The van der Waals surface area contributed by atoms with E-state index in [9.17, 15) is 9.59 Å². The van der Waals surface area contributed by atoms with Gasteiger partial charge in [0.05, 0.1) is 0 Å². The van der Waals surface area contributed by atoms with Crippen LogP contribution >= 0.6 is 0 Å². The van der Waals surface area contributed by atoms with Gasteiger partial charge in [0.25, 0.3) is 0 Å². The second-order valence-corrected chi connectivity index (χ2v) is 4.17. The fourth-order valence-corrected chi connectivity index (χ4v) is 1.59. The van der Waals surface area contributed by atoms with E-state index in [-0.39, 0.29) is 18.3 Å². The molecule has 0 fully saturated rings. The van der Waals surface area contributed by atoms with Gasteiger partial charge in [-0.25, -0.2) is 0 Å². The van der Waals surface area contributed by atoms with E-state index in [2.05, 4.69) is 6.58 Å². The average Bonchev–Trinajstić information content (AvgIpc) is 2.34. The minimum absolute atomic E-state index is 0.171. The molecule has 1 rings (SSSR count). The monoisotopic (exact) mass is 246 g/mol. The largest absolute Gasteiger partial charge is 0.458 e. The molecule has 0 bridgehead atoms. The Labute approximate surface area is 107 Å². The third kappa shape index (κ3) is 5.43. The maximum Gasteiger partial charge on any atom is 0.313 e. The summed E-state index contributed by atoms with van der Waals surface area (Å²) in [6, 6.07) is 9.95. The maximum atomic E-state index is 11.3. The van der Waals surface area contributed by atoms with Crippen LogP contribution in [0.3, 0.4) is 0 Å². The van der Waals surface area contributed by atoms with Gasteiger partial charge < -0.3 is 4.74 Å². The van der Waals surface area contributed by atoms with Crippen LogP contribution in [0.15, 0.2) is 43.0 Å². The first-order valence-electron chi connectivity index (χ1n) is 5.97. The molecular weight excluding hydrogens is 228 g/mol. The smallest absolute Gasteiger partial charge is 0.313 e. The van der Waals surface area contributed by atoms with Gasteiger partial charge in [-0.05, 0) is 25.3 Å². The lowest BCUT2D eigenvalue weighted by molar-refractivity contribution is -0.148. The van der Waals surface area contributed by atoms with Crippen LogP contribution in [0, 0.1) is 0 Å². The standard InChI is InChI=1S/C15H18O3/c1-3-14(18-15(17)11-12(2)16)10-9-13-7-5-4-6-8-13/h3-8,14H,1,9-11H2,2H3/t14-/m1/s1. The Morgan fingerprint density at radius 1 is 1.33 bits per heavy atom. The number of rotatable bonds is 7. The van der Waals surface area contributed by atoms with Crippen molar-refractivity contribution in [2.75, 3.05) is 0 Å². The van der Waals surface area contributed by atoms with Crippen LogP contribution in [0.1, 0.15) is 25.3 Å². The number of carbonyl (C=O) groups excluding carboxylic acids is 2. The van der Waals surface area contributed by atoms with Crippen molar-refractivity contribution in [2.45, 2.75) is 32.3 Å². The zero-order valence-electron chi connectivity index (χ0n) is 10.6. The topological polar surface area (TPSA) is 43.4 Å². The lowest BCUT2D eigenvalue weighted by Gasteiger charge is -2.13. The van der Waals surface area contributed by atoms with Crippen LogP contribution in [-0.2, 0) is 20.7 Å². The first-order valence-corrected chi connectivity index (χ1v) is 5.97. The summed E-state index contributed by atoms with van der Waals surface area (Å²) >= 11 is 0. The molecule has 1 atom stereocenters. The fourth-order valence-electron chi connectivity index (χ4n) is 1.59. The van der Waals surface area contributed by atoms with Crippen molar-refractivity contribution in [1.82, 2.24) is 0 Å². The third-order valence-corrected chi connectivity index (χ3v) is 2.50. The molecule has 0 saturated carbocycles. The second-order valence-electron chi connectivity index (χ2n) is 4.17. The zero-order valence-corrected chi connectivity index (χ0v) is 10.6. The van der Waals surface area contributed by atoms with Gasteiger partial charge in [0.1, 0.15) is 18.3 Å². The predicted octanol–water partition coefficient (Wildman–Crippen LogP) is 2.70. The Balaban J connectivity index is 2.40. The summed E-state index contributed by atoms with van der Waals surface area (Å²) in [6.45, 7) is 5.01. The van der Waals surface area contributed by atoms with Crippen molar-refractivity contribution in [3.63, 3.8) is 0 Å². The van der Waals surface area contributed by atoms with Crippen molar-refractivity contribution < 1.29 is 14.3 Å². The summed E-state index contributed by atoms with van der Waals surface area (Å²) in [6.07, 6.45) is 2.58. The third-order valence-electron chi connectivity index (χ3n) is 2.50. The van der Waals surface area contributed by atoms with E-state index >= 15 is 0 Å². The molecule has 0 aliphatic heterocycles. The maximum absolute atomic E-state index is 11.3. The van der Waals surface area contributed by atoms with Crippen LogP contribution in [0.4, 0.5) is 0 Å². The summed E-state index contributed by atoms with van der Waals surface area (Å²) < 4.78 is 5.15. The van der Waals surface area contributed by atoms with Gasteiger partial charge >= 0.3 is 5.97 Å². The van der Waals surface area contributed by atoms with Gasteiger partial charge in [-0.15, -0.1) is 0 Å². The predicted molar refractivity (Wildman–Crippen MR) is 70.1 cm³/mol. The molecule has 0 spiro atoms. The van der Waals surface area contributed by atoms with E-state index in [1.807, 2.05) is 30.3 Å². The Morgan fingerprint density at radius 3 is 2.56 bits per heavy atom. The molecule has 0 aliphatic carbocycles. The minimum atomic E-state index is -0.486. The first kappa shape index (κ1) is 14.2. The molecule has 0 aromatic heterocycles. The Kier molecular flexibility index (Phi) is 5.85. The summed E-state index contributed by atoms with van der Waals surface area (Å²) in [5.41, 5.74) is 1.19. The van der Waals surface area contributed by atoms with Gasteiger partial charge in [0.2, 0.25) is 0 Å². The molecule has 1 aromatic carbocycles. The van der Waals surface area contributed by atoms with E-state index in [0.29, 0.717) is 6.42 Å². The molecule has 0 amide bonds. The number of ether oxygens (including phenoxy) is 1. The van der Waals surface area contributed by atoms with E-state index < -0.39 is 5.97 Å². The van der Waals surface area contributed by atoms with Gasteiger partial charge in [0, 0.05) is 0 Å². The van der Waals surface area contributed by atoms with Crippen LogP contribution in [0.5, 0.6) is 0 Å². The number of benzene rings is 1. The van der Waals surface area contributed by atoms with Crippen molar-refractivity contribution in [3.8, 4) is 0 Å². The fraction of sp³-hybridized carbons (Fsp3) is 0.333. The van der Waals surface area contributed by atoms with Crippen molar-refractivity contribution in [3.05, 3.63) is 48.6 Å². The highest BCUT2D eigenvalue weighted by molar-refractivity contribution is 5.94. The summed E-state index contributed by atoms with van der Waals surface area (Å²) in [5, 5.41) is 0.